The molecule has 0 saturated carbocycles. The number of fused-ring (bicyclic) bond motifs is 2. The summed E-state index contributed by atoms with van der Waals surface area (Å²) in [5, 5.41) is 1.18. The van der Waals surface area contributed by atoms with Crippen molar-refractivity contribution in [1.29, 1.82) is 0 Å². The summed E-state index contributed by atoms with van der Waals surface area (Å²) < 4.78 is 1.82. The van der Waals surface area contributed by atoms with Crippen LogP contribution in [0.1, 0.15) is 57.0 Å². The Morgan fingerprint density at radius 1 is 1.17 bits per heavy atom. The van der Waals surface area contributed by atoms with Gasteiger partial charge in [-0.25, -0.2) is 0 Å². The third-order valence-corrected chi connectivity index (χ3v) is 6.81. The predicted octanol–water partition coefficient (Wildman–Crippen LogP) is 4.21. The summed E-state index contributed by atoms with van der Waals surface area (Å²) in [7, 11) is 0. The minimum atomic E-state index is -0.130. The lowest BCUT2D eigenvalue weighted by Gasteiger charge is -2.44. The molecule has 1 aromatic heterocycles. The number of hydrogen-bond donors (Lipinski definition) is 0. The van der Waals surface area contributed by atoms with E-state index in [0.29, 0.717) is 12.5 Å². The number of aromatic nitrogens is 1. The maximum absolute atomic E-state index is 13.2. The Morgan fingerprint density at radius 2 is 1.90 bits per heavy atom. The minimum absolute atomic E-state index is 0.123. The highest BCUT2D eigenvalue weighted by Crippen LogP contribution is 2.42. The average Bonchev–Trinajstić information content (AvgIpc) is 3.13. The van der Waals surface area contributed by atoms with Gasteiger partial charge in [-0.3, -0.25) is 19.1 Å². The second-order valence-electron chi connectivity index (χ2n) is 8.72. The third-order valence-electron chi connectivity index (χ3n) is 6.81. The van der Waals surface area contributed by atoms with E-state index < -0.39 is 0 Å². The molecule has 1 amide bonds. The lowest BCUT2D eigenvalue weighted by atomic mass is 9.79. The predicted molar refractivity (Wildman–Crippen MR) is 122 cm³/mol. The normalized spacial score (nSPS) is 20.9. The number of amides is 1. The summed E-state index contributed by atoms with van der Waals surface area (Å²) in [6.07, 6.45) is 5.63. The molecular formula is C25H33N3O2. The van der Waals surface area contributed by atoms with Crippen LogP contribution in [0.5, 0.6) is 0 Å². The summed E-state index contributed by atoms with van der Waals surface area (Å²) in [6, 6.07) is 6.83. The van der Waals surface area contributed by atoms with E-state index in [-0.39, 0.29) is 23.8 Å². The van der Waals surface area contributed by atoms with Crippen molar-refractivity contribution in [3.05, 3.63) is 41.6 Å². The first kappa shape index (κ1) is 20.9. The first-order valence-electron chi connectivity index (χ1n) is 11.3. The molecule has 2 heterocycles. The van der Waals surface area contributed by atoms with Gasteiger partial charge in [-0.1, -0.05) is 25.1 Å². The zero-order valence-corrected chi connectivity index (χ0v) is 18.8. The van der Waals surface area contributed by atoms with Gasteiger partial charge in [0.05, 0.1) is 11.4 Å². The van der Waals surface area contributed by atoms with Crippen LogP contribution in [0.25, 0.3) is 16.5 Å². The molecule has 160 valence electrons. The van der Waals surface area contributed by atoms with Crippen molar-refractivity contribution < 1.29 is 9.59 Å². The topological polar surface area (TPSA) is 45.6 Å². The fraction of sp³-hybridized carbons (Fsp3) is 0.520. The molecule has 0 fully saturated rings. The fourth-order valence-corrected chi connectivity index (χ4v) is 5.25. The van der Waals surface area contributed by atoms with Crippen molar-refractivity contribution in [3.63, 3.8) is 0 Å². The van der Waals surface area contributed by atoms with Crippen molar-refractivity contribution in [3.8, 4) is 0 Å². The Labute approximate surface area is 179 Å². The zero-order valence-electron chi connectivity index (χ0n) is 18.8. The van der Waals surface area contributed by atoms with Gasteiger partial charge in [-0.15, -0.1) is 0 Å². The lowest BCUT2D eigenvalue weighted by Crippen LogP contribution is -2.51. The number of carbonyl (C=O) groups is 2. The van der Waals surface area contributed by atoms with Gasteiger partial charge in [0.15, 0.2) is 0 Å². The summed E-state index contributed by atoms with van der Waals surface area (Å²) in [6.45, 7) is 12.6. The van der Waals surface area contributed by atoms with Crippen LogP contribution in [0, 0.1) is 5.92 Å². The van der Waals surface area contributed by atoms with Crippen molar-refractivity contribution in [2.24, 2.45) is 5.92 Å². The Morgan fingerprint density at radius 3 is 2.53 bits per heavy atom. The number of rotatable bonds is 5. The van der Waals surface area contributed by atoms with Crippen LogP contribution >= 0.6 is 0 Å². The van der Waals surface area contributed by atoms with Crippen molar-refractivity contribution >= 4 is 28.3 Å². The van der Waals surface area contributed by atoms with Gasteiger partial charge >= 0.3 is 0 Å². The molecule has 1 aliphatic carbocycles. The number of benzene rings is 1. The Balaban J connectivity index is 1.87. The van der Waals surface area contributed by atoms with E-state index >= 15 is 0 Å². The van der Waals surface area contributed by atoms with E-state index in [9.17, 15) is 9.59 Å². The molecule has 5 nitrogen and oxygen atoms in total. The van der Waals surface area contributed by atoms with Crippen LogP contribution in [0.4, 0.5) is 0 Å². The first-order valence-corrected chi connectivity index (χ1v) is 11.3. The smallest absolute Gasteiger partial charge is 0.230 e. The molecule has 0 saturated heterocycles. The Bertz CT molecular complexity index is 1010. The van der Waals surface area contributed by atoms with Gasteiger partial charge in [-0.05, 0) is 56.9 Å². The van der Waals surface area contributed by atoms with Crippen molar-refractivity contribution in [2.75, 3.05) is 19.6 Å². The maximum atomic E-state index is 13.2. The lowest BCUT2D eigenvalue weighted by molar-refractivity contribution is -0.134. The van der Waals surface area contributed by atoms with Gasteiger partial charge in [0.25, 0.3) is 0 Å². The van der Waals surface area contributed by atoms with Gasteiger partial charge in [0.2, 0.25) is 11.8 Å². The third kappa shape index (κ3) is 3.20. The SMILES string of the molecule is CCC(=O)n1cc2c3c(cccc31)C1=C[C@@H](C(=O)N(CC)CC)CN(C(C)C)[C@@H]1C2. The van der Waals surface area contributed by atoms with Gasteiger partial charge in [0.1, 0.15) is 0 Å². The first-order chi connectivity index (χ1) is 14.4. The maximum Gasteiger partial charge on any atom is 0.230 e. The number of nitrogens with zero attached hydrogens (tertiary/aromatic N) is 3. The van der Waals surface area contributed by atoms with E-state index in [4.69, 9.17) is 0 Å². The van der Waals surface area contributed by atoms with E-state index in [2.05, 4.69) is 30.9 Å². The molecule has 1 aromatic carbocycles. The quantitative estimate of drug-likeness (QED) is 0.746. The van der Waals surface area contributed by atoms with Crippen LogP contribution in [0.2, 0.25) is 0 Å². The molecule has 1 aliphatic heterocycles. The van der Waals surface area contributed by atoms with Crippen LogP contribution in [-0.4, -0.2) is 57.9 Å². The molecule has 2 aliphatic rings. The highest BCUT2D eigenvalue weighted by atomic mass is 16.2. The summed E-state index contributed by atoms with van der Waals surface area (Å²) in [5.74, 6) is 0.209. The molecule has 0 spiro atoms. The summed E-state index contributed by atoms with van der Waals surface area (Å²) >= 11 is 0. The van der Waals surface area contributed by atoms with E-state index in [0.717, 1.165) is 31.6 Å². The van der Waals surface area contributed by atoms with Gasteiger partial charge < -0.3 is 4.90 Å². The largest absolute Gasteiger partial charge is 0.343 e. The zero-order chi connectivity index (χ0) is 21.6. The average molecular weight is 408 g/mol. The van der Waals surface area contributed by atoms with Crippen LogP contribution in [0.15, 0.2) is 30.5 Å². The molecule has 0 N–H and O–H groups in total. The Hall–Kier alpha value is -2.40. The monoisotopic (exact) mass is 407 g/mol. The van der Waals surface area contributed by atoms with E-state index in [1.807, 2.05) is 48.6 Å². The molecule has 4 rings (SSSR count). The molecule has 5 heteroatoms. The molecule has 0 unspecified atom stereocenters. The fourth-order valence-electron chi connectivity index (χ4n) is 5.25. The second-order valence-corrected chi connectivity index (χ2v) is 8.72. The van der Waals surface area contributed by atoms with Crippen molar-refractivity contribution in [2.45, 2.75) is 59.5 Å². The minimum Gasteiger partial charge on any atom is -0.343 e. The van der Waals surface area contributed by atoms with Gasteiger partial charge in [-0.2, -0.15) is 0 Å². The molecule has 0 radical (unpaired) electrons. The molecule has 30 heavy (non-hydrogen) atoms. The number of hydrogen-bond acceptors (Lipinski definition) is 3. The molecule has 0 bridgehead atoms. The van der Waals surface area contributed by atoms with Crippen LogP contribution < -0.4 is 0 Å². The summed E-state index contributed by atoms with van der Waals surface area (Å²) in [5.41, 5.74) is 4.66. The van der Waals surface area contributed by atoms with Crippen molar-refractivity contribution in [1.82, 2.24) is 14.4 Å². The molecule has 2 atom stereocenters. The Kier molecular flexibility index (Phi) is 5.58. The highest BCUT2D eigenvalue weighted by molar-refractivity contribution is 6.03. The standard InChI is InChI=1S/C25H33N3O2/c1-6-23(29)28-14-17-13-22-20(19-10-9-11-21(28)24(17)19)12-18(15-27(22)16(4)5)25(30)26(7-2)8-3/h9-12,14,16,18,22H,6-8,13,15H2,1-5H3/t18-,22-/m1/s1. The summed E-state index contributed by atoms with van der Waals surface area (Å²) in [4.78, 5) is 30.2. The number of carbonyl (C=O) groups excluding carboxylic acids is 2. The second kappa shape index (κ2) is 8.03. The van der Waals surface area contributed by atoms with Crippen LogP contribution in [-0.2, 0) is 11.2 Å². The molecule has 2 aromatic rings. The highest BCUT2D eigenvalue weighted by Gasteiger charge is 2.39. The van der Waals surface area contributed by atoms with Crippen LogP contribution in [0.3, 0.4) is 0 Å². The van der Waals surface area contributed by atoms with E-state index in [1.165, 1.54) is 22.1 Å². The van der Waals surface area contributed by atoms with E-state index in [1.54, 1.807) is 0 Å². The molecular weight excluding hydrogens is 374 g/mol. The van der Waals surface area contributed by atoms with Gasteiger partial charge in [0, 0.05) is 49.7 Å².